The summed E-state index contributed by atoms with van der Waals surface area (Å²) in [5.74, 6) is 0.584. The molecule has 1 aromatic rings. The highest BCUT2D eigenvalue weighted by Gasteiger charge is 2.07. The average Bonchev–Trinajstić information content (AvgIpc) is 2.60. The second-order valence-corrected chi connectivity index (χ2v) is 5.13. The van der Waals surface area contributed by atoms with Crippen molar-refractivity contribution in [1.29, 1.82) is 0 Å². The fraction of sp³-hybridized carbons (Fsp3) is 0.533. The van der Waals surface area contributed by atoms with E-state index in [1.807, 2.05) is 6.20 Å². The molecule has 1 amide bonds. The monoisotopic (exact) mass is 248 g/mol. The summed E-state index contributed by atoms with van der Waals surface area (Å²) in [6.45, 7) is 10.9. The molecular weight excluding hydrogens is 224 g/mol. The maximum Gasteiger partial charge on any atom is 0.216 e. The van der Waals surface area contributed by atoms with Gasteiger partial charge in [0, 0.05) is 25.4 Å². The fourth-order valence-electron chi connectivity index (χ4n) is 1.77. The van der Waals surface area contributed by atoms with Gasteiger partial charge in [-0.1, -0.05) is 25.5 Å². The van der Waals surface area contributed by atoms with Crippen molar-refractivity contribution < 1.29 is 4.79 Å². The number of hydrogen-bond acceptors (Lipinski definition) is 1. The van der Waals surface area contributed by atoms with Gasteiger partial charge in [-0.25, -0.2) is 0 Å². The third-order valence-electron chi connectivity index (χ3n) is 3.26. The number of hydrogen-bond donors (Lipinski definition) is 2. The molecule has 18 heavy (non-hydrogen) atoms. The molecular formula is C15H24N2O. The highest BCUT2D eigenvalue weighted by atomic mass is 16.1. The minimum absolute atomic E-state index is 0.0257. The van der Waals surface area contributed by atoms with Crippen LogP contribution in [0.3, 0.4) is 0 Å². The molecule has 100 valence electrons. The predicted molar refractivity (Wildman–Crippen MR) is 76.4 cm³/mol. The quantitative estimate of drug-likeness (QED) is 0.826. The number of aromatic amines is 1. The molecule has 0 unspecified atom stereocenters. The van der Waals surface area contributed by atoms with Gasteiger partial charge in [-0.2, -0.15) is 0 Å². The summed E-state index contributed by atoms with van der Waals surface area (Å²) in [5, 5.41) is 2.83. The predicted octanol–water partition coefficient (Wildman–Crippen LogP) is 3.06. The van der Waals surface area contributed by atoms with E-state index in [4.69, 9.17) is 0 Å². The summed E-state index contributed by atoms with van der Waals surface area (Å²) in [4.78, 5) is 14.1. The lowest BCUT2D eigenvalue weighted by atomic mass is 9.99. The number of rotatable bonds is 5. The normalized spacial score (nSPS) is 12.0. The van der Waals surface area contributed by atoms with E-state index in [2.05, 4.69) is 44.1 Å². The number of carbonyl (C=O) groups excluding carboxylic acids is 1. The lowest BCUT2D eigenvalue weighted by Crippen LogP contribution is -2.22. The Labute approximate surface area is 110 Å². The second kappa shape index (κ2) is 6.43. The highest BCUT2D eigenvalue weighted by Crippen LogP contribution is 2.20. The van der Waals surface area contributed by atoms with Crippen LogP contribution in [0.4, 0.5) is 0 Å². The van der Waals surface area contributed by atoms with E-state index >= 15 is 0 Å². The smallest absolute Gasteiger partial charge is 0.216 e. The van der Waals surface area contributed by atoms with Gasteiger partial charge in [0.15, 0.2) is 0 Å². The topological polar surface area (TPSA) is 44.9 Å². The zero-order valence-corrected chi connectivity index (χ0v) is 12.1. The summed E-state index contributed by atoms with van der Waals surface area (Å²) in [7, 11) is 0. The van der Waals surface area contributed by atoms with Crippen LogP contribution in [0.15, 0.2) is 11.8 Å². The van der Waals surface area contributed by atoms with Crippen LogP contribution in [0.5, 0.6) is 0 Å². The van der Waals surface area contributed by atoms with E-state index in [9.17, 15) is 4.79 Å². The number of nitrogens with one attached hydrogen (secondary N) is 2. The van der Waals surface area contributed by atoms with Crippen molar-refractivity contribution in [3.63, 3.8) is 0 Å². The van der Waals surface area contributed by atoms with Crippen LogP contribution in [0.2, 0.25) is 0 Å². The van der Waals surface area contributed by atoms with Crippen LogP contribution >= 0.6 is 0 Å². The molecule has 1 rings (SSSR count). The molecule has 0 aliphatic heterocycles. The van der Waals surface area contributed by atoms with Crippen LogP contribution < -0.4 is 5.32 Å². The Kier molecular flexibility index (Phi) is 5.20. The number of amides is 1. The largest absolute Gasteiger partial charge is 0.364 e. The fourth-order valence-corrected chi connectivity index (χ4v) is 1.77. The van der Waals surface area contributed by atoms with Crippen LogP contribution in [-0.4, -0.2) is 17.4 Å². The Bertz CT molecular complexity index is 441. The zero-order chi connectivity index (χ0) is 13.7. The first-order valence-electron chi connectivity index (χ1n) is 6.51. The maximum atomic E-state index is 10.9. The highest BCUT2D eigenvalue weighted by molar-refractivity contribution is 5.72. The van der Waals surface area contributed by atoms with Gasteiger partial charge in [0.1, 0.15) is 0 Å². The summed E-state index contributed by atoms with van der Waals surface area (Å²) < 4.78 is 0. The molecule has 0 fully saturated rings. The van der Waals surface area contributed by atoms with Gasteiger partial charge in [-0.3, -0.25) is 4.79 Å². The summed E-state index contributed by atoms with van der Waals surface area (Å²) in [6.07, 6.45) is 5.15. The molecule has 0 bridgehead atoms. The number of allylic oxidation sites excluding steroid dienone is 1. The van der Waals surface area contributed by atoms with Gasteiger partial charge in [0.05, 0.1) is 0 Å². The molecule has 0 aliphatic carbocycles. The van der Waals surface area contributed by atoms with Crippen LogP contribution in [-0.2, 0) is 11.2 Å². The Morgan fingerprint density at radius 2 is 2.11 bits per heavy atom. The van der Waals surface area contributed by atoms with Crippen molar-refractivity contribution in [3.05, 3.63) is 28.6 Å². The van der Waals surface area contributed by atoms with Crippen molar-refractivity contribution in [3.8, 4) is 0 Å². The van der Waals surface area contributed by atoms with E-state index in [1.54, 1.807) is 6.92 Å². The average molecular weight is 248 g/mol. The van der Waals surface area contributed by atoms with Crippen molar-refractivity contribution in [2.24, 2.45) is 5.92 Å². The molecule has 0 saturated heterocycles. The standard InChI is InChI=1S/C15H24N2O/c1-10(2)11(3)8-15-12(4)17-9-14(15)6-7-16-13(5)18/h8-10,17H,6-7H2,1-5H3,(H,16,18)/b11-8+. The SMILES string of the molecule is CC(=O)NCCc1c[nH]c(C)c1/C=C(\C)C(C)C. The van der Waals surface area contributed by atoms with Crippen molar-refractivity contribution >= 4 is 12.0 Å². The Hall–Kier alpha value is -1.51. The van der Waals surface area contributed by atoms with Crippen molar-refractivity contribution in [1.82, 2.24) is 10.3 Å². The molecule has 0 aliphatic rings. The molecule has 0 saturated carbocycles. The van der Waals surface area contributed by atoms with Crippen LogP contribution in [0.25, 0.3) is 6.08 Å². The maximum absolute atomic E-state index is 10.9. The van der Waals surface area contributed by atoms with Gasteiger partial charge < -0.3 is 10.3 Å². The van der Waals surface area contributed by atoms with E-state index < -0.39 is 0 Å². The molecule has 0 spiro atoms. The van der Waals surface area contributed by atoms with E-state index in [1.165, 1.54) is 22.4 Å². The Morgan fingerprint density at radius 3 is 2.67 bits per heavy atom. The van der Waals surface area contributed by atoms with Gasteiger partial charge in [-0.05, 0) is 37.3 Å². The van der Waals surface area contributed by atoms with Gasteiger partial charge in [0.2, 0.25) is 5.91 Å². The zero-order valence-electron chi connectivity index (χ0n) is 12.1. The first-order chi connectivity index (χ1) is 8.41. The molecule has 2 N–H and O–H groups in total. The van der Waals surface area contributed by atoms with Crippen molar-refractivity contribution in [2.45, 2.75) is 41.0 Å². The molecule has 0 atom stereocenters. The molecule has 1 aromatic heterocycles. The van der Waals surface area contributed by atoms with Gasteiger partial charge in [0.25, 0.3) is 0 Å². The lowest BCUT2D eigenvalue weighted by molar-refractivity contribution is -0.118. The second-order valence-electron chi connectivity index (χ2n) is 5.13. The lowest BCUT2D eigenvalue weighted by Gasteiger charge is -2.07. The van der Waals surface area contributed by atoms with Crippen LogP contribution in [0, 0.1) is 12.8 Å². The molecule has 1 heterocycles. The first kappa shape index (κ1) is 14.6. The van der Waals surface area contributed by atoms with E-state index in [0.717, 1.165) is 6.42 Å². The number of aromatic nitrogens is 1. The Morgan fingerprint density at radius 1 is 1.44 bits per heavy atom. The van der Waals surface area contributed by atoms with E-state index in [0.29, 0.717) is 12.5 Å². The summed E-state index contributed by atoms with van der Waals surface area (Å²) in [6, 6.07) is 0. The molecule has 0 radical (unpaired) electrons. The van der Waals surface area contributed by atoms with E-state index in [-0.39, 0.29) is 5.91 Å². The van der Waals surface area contributed by atoms with Gasteiger partial charge in [-0.15, -0.1) is 0 Å². The van der Waals surface area contributed by atoms with Crippen LogP contribution in [0.1, 0.15) is 44.5 Å². The number of H-pyrrole nitrogens is 1. The number of aryl methyl sites for hydroxylation is 1. The minimum Gasteiger partial charge on any atom is -0.364 e. The van der Waals surface area contributed by atoms with Crippen molar-refractivity contribution in [2.75, 3.05) is 6.54 Å². The summed E-state index contributed by atoms with van der Waals surface area (Å²) in [5.41, 5.74) is 5.10. The molecule has 3 heteroatoms. The number of carbonyl (C=O) groups is 1. The Balaban J connectivity index is 2.81. The first-order valence-corrected chi connectivity index (χ1v) is 6.51. The molecule has 3 nitrogen and oxygen atoms in total. The van der Waals surface area contributed by atoms with Gasteiger partial charge >= 0.3 is 0 Å². The third-order valence-corrected chi connectivity index (χ3v) is 3.26. The minimum atomic E-state index is 0.0257. The molecule has 0 aromatic carbocycles. The summed E-state index contributed by atoms with van der Waals surface area (Å²) >= 11 is 0. The third kappa shape index (κ3) is 4.06.